The first-order valence-corrected chi connectivity index (χ1v) is 9.35. The molecule has 0 radical (unpaired) electrons. The number of benzene rings is 1. The summed E-state index contributed by atoms with van der Waals surface area (Å²) in [6.45, 7) is 3.51. The minimum absolute atomic E-state index is 0.0398. The number of carboxylic acids is 2. The molecule has 30 heavy (non-hydrogen) atoms. The number of carboxylic acid groups (broad SMARTS) is 2. The van der Waals surface area contributed by atoms with Crippen LogP contribution in [0.15, 0.2) is 36.8 Å². The van der Waals surface area contributed by atoms with Crippen molar-refractivity contribution in [2.45, 2.75) is 57.4 Å². The normalized spacial score (nSPS) is 14.8. The maximum absolute atomic E-state index is 12.6. The van der Waals surface area contributed by atoms with Crippen molar-refractivity contribution in [3.63, 3.8) is 0 Å². The number of alkyl halides is 3. The van der Waals surface area contributed by atoms with E-state index < -0.39 is 35.3 Å². The quantitative estimate of drug-likeness (QED) is 0.538. The first kappa shape index (κ1) is 23.4. The Labute approximate surface area is 171 Å². The largest absolute Gasteiger partial charge is 0.480 e. The van der Waals surface area contributed by atoms with E-state index in [1.807, 2.05) is 6.92 Å². The summed E-state index contributed by atoms with van der Waals surface area (Å²) in [5, 5.41) is 21.7. The summed E-state index contributed by atoms with van der Waals surface area (Å²) in [7, 11) is 0. The highest BCUT2D eigenvalue weighted by Gasteiger charge is 2.36. The van der Waals surface area contributed by atoms with Crippen LogP contribution in [-0.2, 0) is 28.7 Å². The molecular formula is C20H24F3N3O4. The summed E-state index contributed by atoms with van der Waals surface area (Å²) in [5.74, 6) is -2.33. The molecule has 0 bridgehead atoms. The monoisotopic (exact) mass is 427 g/mol. The molecule has 164 valence electrons. The Morgan fingerprint density at radius 3 is 2.33 bits per heavy atom. The average Bonchev–Trinajstić information content (AvgIpc) is 3.07. The fourth-order valence-corrected chi connectivity index (χ4v) is 3.14. The minimum atomic E-state index is -4.40. The van der Waals surface area contributed by atoms with E-state index in [1.165, 1.54) is 25.4 Å². The van der Waals surface area contributed by atoms with Crippen LogP contribution in [0.3, 0.4) is 0 Å². The van der Waals surface area contributed by atoms with E-state index in [-0.39, 0.29) is 19.4 Å². The van der Waals surface area contributed by atoms with Gasteiger partial charge in [-0.15, -0.1) is 0 Å². The molecule has 2 aromatic rings. The van der Waals surface area contributed by atoms with Crippen molar-refractivity contribution in [2.75, 3.05) is 0 Å². The third-order valence-corrected chi connectivity index (χ3v) is 4.76. The highest BCUT2D eigenvalue weighted by atomic mass is 19.4. The van der Waals surface area contributed by atoms with E-state index in [0.29, 0.717) is 17.7 Å². The Morgan fingerprint density at radius 2 is 1.83 bits per heavy atom. The fourth-order valence-electron chi connectivity index (χ4n) is 3.14. The average molecular weight is 427 g/mol. The Morgan fingerprint density at radius 1 is 1.20 bits per heavy atom. The topological polar surface area (TPSA) is 104 Å². The molecular weight excluding hydrogens is 403 g/mol. The minimum Gasteiger partial charge on any atom is -0.480 e. The van der Waals surface area contributed by atoms with Crippen LogP contribution in [-0.4, -0.2) is 43.3 Å². The number of carbonyl (C=O) groups is 2. The number of aromatic nitrogens is 2. The highest BCUT2D eigenvalue weighted by molar-refractivity contribution is 5.80. The molecule has 0 saturated carbocycles. The number of hydrogen-bond acceptors (Lipinski definition) is 4. The van der Waals surface area contributed by atoms with E-state index in [1.54, 1.807) is 10.8 Å². The standard InChI is InChI=1S/C20H24F3N3O4/c1-3-8-19(2,18(29)30)25-16(17(27)28)9-15-11-26(12-24-15)10-13-4-6-14(7-5-13)20(21,22)23/h4-7,11-12,16,25H,3,8-10H2,1-2H3,(H,27,28)(H,29,30). The number of hydrogen-bond donors (Lipinski definition) is 3. The Kier molecular flexibility index (Phi) is 7.25. The maximum Gasteiger partial charge on any atom is 0.416 e. The van der Waals surface area contributed by atoms with Gasteiger partial charge in [0.15, 0.2) is 0 Å². The molecule has 0 amide bonds. The number of rotatable bonds is 10. The summed E-state index contributed by atoms with van der Waals surface area (Å²) in [4.78, 5) is 27.4. The zero-order chi connectivity index (χ0) is 22.5. The Bertz CT molecular complexity index is 880. The van der Waals surface area contributed by atoms with E-state index in [4.69, 9.17) is 0 Å². The van der Waals surface area contributed by atoms with Gasteiger partial charge in [0.05, 0.1) is 17.6 Å². The second-order valence-corrected chi connectivity index (χ2v) is 7.36. The van der Waals surface area contributed by atoms with Crippen LogP contribution >= 0.6 is 0 Å². The lowest BCUT2D eigenvalue weighted by atomic mass is 9.94. The highest BCUT2D eigenvalue weighted by Crippen LogP contribution is 2.29. The SMILES string of the molecule is CCCC(C)(NC(Cc1cn(Cc2ccc(C(F)(F)F)cc2)cn1)C(=O)O)C(=O)O. The van der Waals surface area contributed by atoms with E-state index in [9.17, 15) is 33.0 Å². The molecule has 1 aromatic heterocycles. The van der Waals surface area contributed by atoms with Gasteiger partial charge in [-0.1, -0.05) is 25.5 Å². The van der Waals surface area contributed by atoms with E-state index >= 15 is 0 Å². The summed E-state index contributed by atoms with van der Waals surface area (Å²) >= 11 is 0. The molecule has 2 rings (SSSR count). The second kappa shape index (κ2) is 9.29. The number of halogens is 3. The number of imidazole rings is 1. The van der Waals surface area contributed by atoms with Gasteiger partial charge in [-0.2, -0.15) is 13.2 Å². The molecule has 0 saturated heterocycles. The molecule has 2 unspecified atom stereocenters. The lowest BCUT2D eigenvalue weighted by Crippen LogP contribution is -2.56. The number of nitrogens with one attached hydrogen (secondary N) is 1. The summed E-state index contributed by atoms with van der Waals surface area (Å²) in [5.41, 5.74) is -1.07. The van der Waals surface area contributed by atoms with Crippen molar-refractivity contribution in [3.05, 3.63) is 53.6 Å². The van der Waals surface area contributed by atoms with Crippen molar-refractivity contribution >= 4 is 11.9 Å². The van der Waals surface area contributed by atoms with E-state index in [2.05, 4.69) is 10.3 Å². The lowest BCUT2D eigenvalue weighted by molar-refractivity contribution is -0.147. The van der Waals surface area contributed by atoms with Crippen LogP contribution in [0, 0.1) is 0 Å². The predicted octanol–water partition coefficient (Wildman–Crippen LogP) is 3.18. The Hall–Kier alpha value is -2.88. The fraction of sp³-hybridized carbons (Fsp3) is 0.450. The van der Waals surface area contributed by atoms with E-state index in [0.717, 1.165) is 12.1 Å². The van der Waals surface area contributed by atoms with Crippen LogP contribution in [0.2, 0.25) is 0 Å². The first-order chi connectivity index (χ1) is 13.9. The van der Waals surface area contributed by atoms with Crippen molar-refractivity contribution in [3.8, 4) is 0 Å². The molecule has 0 aliphatic carbocycles. The third kappa shape index (κ3) is 6.06. The smallest absolute Gasteiger partial charge is 0.416 e. The first-order valence-electron chi connectivity index (χ1n) is 9.35. The van der Waals surface area contributed by atoms with Gasteiger partial charge in [0.25, 0.3) is 0 Å². The second-order valence-electron chi connectivity index (χ2n) is 7.36. The number of nitrogens with zero attached hydrogens (tertiary/aromatic N) is 2. The zero-order valence-corrected chi connectivity index (χ0v) is 16.6. The van der Waals surface area contributed by atoms with Gasteiger partial charge in [-0.3, -0.25) is 14.9 Å². The molecule has 3 N–H and O–H groups in total. The Balaban J connectivity index is 2.08. The van der Waals surface area contributed by atoms with Crippen LogP contribution in [0.4, 0.5) is 13.2 Å². The van der Waals surface area contributed by atoms with Crippen LogP contribution < -0.4 is 5.32 Å². The zero-order valence-electron chi connectivity index (χ0n) is 16.6. The van der Waals surface area contributed by atoms with Crippen LogP contribution in [0.1, 0.15) is 43.5 Å². The van der Waals surface area contributed by atoms with Crippen LogP contribution in [0.5, 0.6) is 0 Å². The van der Waals surface area contributed by atoms with Gasteiger partial charge in [0, 0.05) is 19.2 Å². The summed E-state index contributed by atoms with van der Waals surface area (Å²) in [6.07, 6.45) is -0.580. The van der Waals surface area contributed by atoms with Gasteiger partial charge in [0.2, 0.25) is 0 Å². The van der Waals surface area contributed by atoms with Gasteiger partial charge >= 0.3 is 18.1 Å². The molecule has 1 heterocycles. The third-order valence-electron chi connectivity index (χ3n) is 4.76. The number of aliphatic carboxylic acids is 2. The van der Waals surface area contributed by atoms with Crippen molar-refractivity contribution in [1.29, 1.82) is 0 Å². The molecule has 2 atom stereocenters. The molecule has 10 heteroatoms. The molecule has 0 spiro atoms. The van der Waals surface area contributed by atoms with Gasteiger partial charge < -0.3 is 14.8 Å². The van der Waals surface area contributed by atoms with Crippen LogP contribution in [0.25, 0.3) is 0 Å². The van der Waals surface area contributed by atoms with Crippen molar-refractivity contribution in [2.24, 2.45) is 0 Å². The van der Waals surface area contributed by atoms with Gasteiger partial charge in [-0.05, 0) is 31.0 Å². The molecule has 0 aliphatic rings. The van der Waals surface area contributed by atoms with Crippen molar-refractivity contribution < 1.29 is 33.0 Å². The summed E-state index contributed by atoms with van der Waals surface area (Å²) < 4.78 is 39.6. The van der Waals surface area contributed by atoms with Gasteiger partial charge in [0.1, 0.15) is 11.6 Å². The maximum atomic E-state index is 12.6. The molecule has 1 aromatic carbocycles. The van der Waals surface area contributed by atoms with Gasteiger partial charge in [-0.25, -0.2) is 4.98 Å². The van der Waals surface area contributed by atoms with Crippen molar-refractivity contribution in [1.82, 2.24) is 14.9 Å². The molecule has 0 fully saturated rings. The molecule has 7 nitrogen and oxygen atoms in total. The summed E-state index contributed by atoms with van der Waals surface area (Å²) in [6, 6.07) is 3.57. The lowest BCUT2D eigenvalue weighted by Gasteiger charge is -2.29. The molecule has 0 aliphatic heterocycles. The predicted molar refractivity (Wildman–Crippen MR) is 102 cm³/mol.